The summed E-state index contributed by atoms with van der Waals surface area (Å²) in [5.74, 6) is 0.703. The molecule has 1 aliphatic rings. The highest BCUT2D eigenvalue weighted by atomic mass is 35.5. The Morgan fingerprint density at radius 1 is 1.37 bits per heavy atom. The first-order valence-corrected chi connectivity index (χ1v) is 6.35. The van der Waals surface area contributed by atoms with E-state index in [1.807, 2.05) is 0 Å². The number of hydrogen-bond acceptors (Lipinski definition) is 4. The van der Waals surface area contributed by atoms with Crippen LogP contribution in [0.1, 0.15) is 12.8 Å². The summed E-state index contributed by atoms with van der Waals surface area (Å²) >= 11 is 5.81. The Balaban J connectivity index is 1.84. The number of anilines is 1. The van der Waals surface area contributed by atoms with Crippen LogP contribution in [-0.2, 0) is 4.79 Å². The van der Waals surface area contributed by atoms with Crippen LogP contribution in [0.4, 0.5) is 5.82 Å². The van der Waals surface area contributed by atoms with Gasteiger partial charge in [0.25, 0.3) is 0 Å². The van der Waals surface area contributed by atoms with Gasteiger partial charge in [0.05, 0.1) is 18.1 Å². The average Bonchev–Trinajstić information content (AvgIpc) is 3.23. The van der Waals surface area contributed by atoms with Gasteiger partial charge < -0.3 is 5.32 Å². The van der Waals surface area contributed by atoms with Gasteiger partial charge in [-0.25, -0.2) is 9.97 Å². The predicted molar refractivity (Wildman–Crippen MR) is 71.6 cm³/mol. The number of carbonyl (C=O) groups excluding carboxylic acids is 1. The van der Waals surface area contributed by atoms with E-state index in [1.54, 1.807) is 24.5 Å². The van der Waals surface area contributed by atoms with Crippen molar-refractivity contribution in [2.24, 2.45) is 5.92 Å². The standard InChI is InChI=1S/C13H11ClN4O/c14-11-7-15-6-10(17-11)9-3-4-16-12(5-9)18-13(19)8-1-2-8/h3-8H,1-2H2,(H,16,18,19). The lowest BCUT2D eigenvalue weighted by atomic mass is 10.2. The Morgan fingerprint density at radius 2 is 2.21 bits per heavy atom. The molecule has 3 rings (SSSR count). The smallest absolute Gasteiger partial charge is 0.228 e. The lowest BCUT2D eigenvalue weighted by Crippen LogP contribution is -2.14. The molecule has 2 heterocycles. The Morgan fingerprint density at radius 3 is 2.95 bits per heavy atom. The molecular weight excluding hydrogens is 264 g/mol. The van der Waals surface area contributed by atoms with Crippen molar-refractivity contribution in [1.29, 1.82) is 0 Å². The first-order chi connectivity index (χ1) is 9.22. The minimum absolute atomic E-state index is 0.0295. The molecule has 2 aromatic rings. The van der Waals surface area contributed by atoms with Gasteiger partial charge in [-0.15, -0.1) is 0 Å². The number of rotatable bonds is 3. The molecule has 96 valence electrons. The molecule has 19 heavy (non-hydrogen) atoms. The lowest BCUT2D eigenvalue weighted by molar-refractivity contribution is -0.117. The molecule has 0 atom stereocenters. The van der Waals surface area contributed by atoms with E-state index in [9.17, 15) is 4.79 Å². The zero-order valence-electron chi connectivity index (χ0n) is 10.0. The molecule has 0 spiro atoms. The van der Waals surface area contributed by atoms with Crippen molar-refractivity contribution in [3.05, 3.63) is 35.9 Å². The van der Waals surface area contributed by atoms with Crippen molar-refractivity contribution >= 4 is 23.3 Å². The number of aromatic nitrogens is 3. The van der Waals surface area contributed by atoms with Crippen LogP contribution in [0.15, 0.2) is 30.7 Å². The van der Waals surface area contributed by atoms with E-state index in [2.05, 4.69) is 20.3 Å². The molecule has 1 aliphatic carbocycles. The quantitative estimate of drug-likeness (QED) is 0.934. The summed E-state index contributed by atoms with van der Waals surface area (Å²) in [4.78, 5) is 24.0. The Labute approximate surface area is 115 Å². The maximum absolute atomic E-state index is 11.7. The molecule has 0 aliphatic heterocycles. The third kappa shape index (κ3) is 2.88. The van der Waals surface area contributed by atoms with Crippen molar-refractivity contribution in [3.8, 4) is 11.3 Å². The molecule has 1 amide bonds. The van der Waals surface area contributed by atoms with Gasteiger partial charge in [0.15, 0.2) is 0 Å². The Bertz CT molecular complexity index is 628. The topological polar surface area (TPSA) is 67.8 Å². The van der Waals surface area contributed by atoms with Crippen molar-refractivity contribution in [2.45, 2.75) is 12.8 Å². The molecule has 1 fully saturated rings. The van der Waals surface area contributed by atoms with E-state index in [1.165, 1.54) is 6.20 Å². The average molecular weight is 275 g/mol. The maximum atomic E-state index is 11.7. The highest BCUT2D eigenvalue weighted by molar-refractivity contribution is 6.29. The third-order valence-corrected chi connectivity index (χ3v) is 3.04. The number of pyridine rings is 1. The molecule has 0 aromatic carbocycles. The molecule has 0 saturated heterocycles. The highest BCUT2D eigenvalue weighted by Gasteiger charge is 2.29. The molecule has 0 unspecified atom stereocenters. The normalized spacial score (nSPS) is 14.2. The minimum atomic E-state index is 0.0295. The van der Waals surface area contributed by atoms with Gasteiger partial charge in [-0.1, -0.05) is 11.6 Å². The van der Waals surface area contributed by atoms with Gasteiger partial charge in [-0.3, -0.25) is 9.78 Å². The number of nitrogens with one attached hydrogen (secondary N) is 1. The van der Waals surface area contributed by atoms with Crippen LogP contribution in [0.25, 0.3) is 11.3 Å². The summed E-state index contributed by atoms with van der Waals surface area (Å²) < 4.78 is 0. The van der Waals surface area contributed by atoms with E-state index in [0.29, 0.717) is 16.7 Å². The Kier molecular flexibility index (Phi) is 3.13. The largest absolute Gasteiger partial charge is 0.310 e. The van der Waals surface area contributed by atoms with Gasteiger partial charge in [0.1, 0.15) is 11.0 Å². The van der Waals surface area contributed by atoms with Crippen LogP contribution in [-0.4, -0.2) is 20.9 Å². The second-order valence-corrected chi connectivity index (χ2v) is 4.81. The monoisotopic (exact) mass is 274 g/mol. The van der Waals surface area contributed by atoms with Crippen molar-refractivity contribution < 1.29 is 4.79 Å². The first kappa shape index (κ1) is 12.0. The number of hydrogen-bond donors (Lipinski definition) is 1. The zero-order chi connectivity index (χ0) is 13.2. The molecule has 6 heteroatoms. The molecule has 2 aromatic heterocycles. The molecule has 1 saturated carbocycles. The van der Waals surface area contributed by atoms with E-state index >= 15 is 0 Å². The van der Waals surface area contributed by atoms with Crippen LogP contribution < -0.4 is 5.32 Å². The number of carbonyl (C=O) groups is 1. The third-order valence-electron chi connectivity index (χ3n) is 2.86. The summed E-state index contributed by atoms with van der Waals surface area (Å²) in [6, 6.07) is 3.56. The number of amides is 1. The zero-order valence-corrected chi connectivity index (χ0v) is 10.8. The number of nitrogens with zero attached hydrogens (tertiary/aromatic N) is 3. The molecular formula is C13H11ClN4O. The first-order valence-electron chi connectivity index (χ1n) is 5.97. The van der Waals surface area contributed by atoms with Crippen molar-refractivity contribution in [1.82, 2.24) is 15.0 Å². The maximum Gasteiger partial charge on any atom is 0.228 e. The van der Waals surface area contributed by atoms with Crippen molar-refractivity contribution in [2.75, 3.05) is 5.32 Å². The van der Waals surface area contributed by atoms with E-state index in [0.717, 1.165) is 18.4 Å². The van der Waals surface area contributed by atoms with Crippen LogP contribution in [0.2, 0.25) is 5.15 Å². The molecule has 0 bridgehead atoms. The summed E-state index contributed by atoms with van der Waals surface area (Å²) in [7, 11) is 0. The Hall–Kier alpha value is -2.01. The minimum Gasteiger partial charge on any atom is -0.310 e. The molecule has 0 radical (unpaired) electrons. The van der Waals surface area contributed by atoms with Gasteiger partial charge >= 0.3 is 0 Å². The fourth-order valence-corrected chi connectivity index (χ4v) is 1.86. The SMILES string of the molecule is O=C(Nc1cc(-c2cncc(Cl)n2)ccn1)C1CC1. The lowest BCUT2D eigenvalue weighted by Gasteiger charge is -2.05. The fraction of sp³-hybridized carbons (Fsp3) is 0.231. The van der Waals surface area contributed by atoms with Crippen LogP contribution in [0.5, 0.6) is 0 Å². The summed E-state index contributed by atoms with van der Waals surface area (Å²) in [5.41, 5.74) is 1.47. The fourth-order valence-electron chi connectivity index (χ4n) is 1.71. The van der Waals surface area contributed by atoms with Crippen LogP contribution in [0, 0.1) is 5.92 Å². The molecule has 5 nitrogen and oxygen atoms in total. The number of halogens is 1. The predicted octanol–water partition coefficient (Wildman–Crippen LogP) is 2.54. The second kappa shape index (κ2) is 4.93. The van der Waals surface area contributed by atoms with Gasteiger partial charge in [-0.05, 0) is 25.0 Å². The highest BCUT2D eigenvalue weighted by Crippen LogP contribution is 2.30. The second-order valence-electron chi connectivity index (χ2n) is 4.42. The van der Waals surface area contributed by atoms with E-state index in [-0.39, 0.29) is 11.8 Å². The van der Waals surface area contributed by atoms with Crippen LogP contribution >= 0.6 is 11.6 Å². The van der Waals surface area contributed by atoms with Crippen LogP contribution in [0.3, 0.4) is 0 Å². The van der Waals surface area contributed by atoms with Gasteiger partial charge in [0, 0.05) is 17.7 Å². The van der Waals surface area contributed by atoms with Gasteiger partial charge in [-0.2, -0.15) is 0 Å². The van der Waals surface area contributed by atoms with E-state index < -0.39 is 0 Å². The summed E-state index contributed by atoms with van der Waals surface area (Å²) in [6.45, 7) is 0. The van der Waals surface area contributed by atoms with Gasteiger partial charge in [0.2, 0.25) is 5.91 Å². The summed E-state index contributed by atoms with van der Waals surface area (Å²) in [6.07, 6.45) is 6.65. The molecule has 1 N–H and O–H groups in total. The van der Waals surface area contributed by atoms with E-state index in [4.69, 9.17) is 11.6 Å². The van der Waals surface area contributed by atoms with Crippen molar-refractivity contribution in [3.63, 3.8) is 0 Å². The summed E-state index contributed by atoms with van der Waals surface area (Å²) in [5, 5.41) is 3.13.